The summed E-state index contributed by atoms with van der Waals surface area (Å²) in [6.07, 6.45) is -3.37. The van der Waals surface area contributed by atoms with Gasteiger partial charge >= 0.3 is 12.1 Å². The standard InChI is InChI=1S/C9H13F2NO5/c1-3-4-17-8(15)12-5(6(13)14)9(2,16)7(10)11/h3,5,7,16H,1,4H2,2H3,(H,12,15)(H,13,14). The van der Waals surface area contributed by atoms with E-state index in [9.17, 15) is 23.5 Å². The fourth-order valence-electron chi connectivity index (χ4n) is 0.878. The van der Waals surface area contributed by atoms with E-state index in [1.54, 1.807) is 5.32 Å². The van der Waals surface area contributed by atoms with Crippen LogP contribution in [0.5, 0.6) is 0 Å². The lowest BCUT2D eigenvalue weighted by Gasteiger charge is -2.29. The number of halogens is 2. The molecule has 0 aromatic heterocycles. The molecule has 8 heteroatoms. The van der Waals surface area contributed by atoms with E-state index < -0.39 is 30.1 Å². The van der Waals surface area contributed by atoms with Gasteiger partial charge in [0.2, 0.25) is 0 Å². The van der Waals surface area contributed by atoms with Crippen molar-refractivity contribution in [1.82, 2.24) is 5.32 Å². The van der Waals surface area contributed by atoms with Gasteiger partial charge in [-0.3, -0.25) is 0 Å². The van der Waals surface area contributed by atoms with Crippen LogP contribution >= 0.6 is 0 Å². The van der Waals surface area contributed by atoms with Crippen LogP contribution < -0.4 is 5.32 Å². The van der Waals surface area contributed by atoms with E-state index in [4.69, 9.17) is 5.11 Å². The van der Waals surface area contributed by atoms with Crippen LogP contribution in [-0.4, -0.2) is 47.0 Å². The largest absolute Gasteiger partial charge is 0.480 e. The van der Waals surface area contributed by atoms with E-state index in [1.807, 2.05) is 0 Å². The van der Waals surface area contributed by atoms with Crippen molar-refractivity contribution in [2.75, 3.05) is 6.61 Å². The molecule has 0 saturated heterocycles. The van der Waals surface area contributed by atoms with Gasteiger partial charge in [0.05, 0.1) is 0 Å². The zero-order chi connectivity index (χ0) is 13.6. The van der Waals surface area contributed by atoms with Crippen LogP contribution in [0, 0.1) is 0 Å². The third-order valence-corrected chi connectivity index (χ3v) is 1.87. The lowest BCUT2D eigenvalue weighted by molar-refractivity contribution is -0.157. The number of amides is 1. The number of hydrogen-bond donors (Lipinski definition) is 3. The molecule has 0 radical (unpaired) electrons. The first-order valence-electron chi connectivity index (χ1n) is 4.51. The number of alkyl carbamates (subject to hydrolysis) is 1. The Hall–Kier alpha value is -1.70. The second kappa shape index (κ2) is 6.14. The molecule has 17 heavy (non-hydrogen) atoms. The second-order valence-corrected chi connectivity index (χ2v) is 3.33. The number of aliphatic carboxylic acids is 1. The molecule has 0 bridgehead atoms. The summed E-state index contributed by atoms with van der Waals surface area (Å²) in [5, 5.41) is 19.6. The molecule has 0 aliphatic heterocycles. The fourth-order valence-corrected chi connectivity index (χ4v) is 0.878. The first-order chi connectivity index (χ1) is 7.73. The molecule has 0 aliphatic carbocycles. The quantitative estimate of drug-likeness (QED) is 0.594. The average molecular weight is 253 g/mol. The van der Waals surface area contributed by atoms with Crippen molar-refractivity contribution in [2.45, 2.75) is 25.0 Å². The molecule has 0 spiro atoms. The Morgan fingerprint density at radius 1 is 1.59 bits per heavy atom. The van der Waals surface area contributed by atoms with E-state index in [-0.39, 0.29) is 6.61 Å². The lowest BCUT2D eigenvalue weighted by Crippen LogP contribution is -2.59. The van der Waals surface area contributed by atoms with Crippen LogP contribution in [0.25, 0.3) is 0 Å². The molecule has 0 aromatic carbocycles. The molecule has 0 heterocycles. The minimum atomic E-state index is -3.34. The third kappa shape index (κ3) is 4.35. The molecule has 0 rings (SSSR count). The number of aliphatic hydroxyl groups is 1. The van der Waals surface area contributed by atoms with E-state index in [1.165, 1.54) is 6.08 Å². The monoisotopic (exact) mass is 253 g/mol. The minimum absolute atomic E-state index is 0.213. The average Bonchev–Trinajstić information content (AvgIpc) is 2.21. The first-order valence-corrected chi connectivity index (χ1v) is 4.51. The molecule has 3 N–H and O–H groups in total. The molecular formula is C9H13F2NO5. The van der Waals surface area contributed by atoms with Gasteiger partial charge in [-0.05, 0) is 6.92 Å². The van der Waals surface area contributed by atoms with Crippen LogP contribution in [0.15, 0.2) is 12.7 Å². The summed E-state index contributed by atoms with van der Waals surface area (Å²) in [7, 11) is 0. The minimum Gasteiger partial charge on any atom is -0.480 e. The summed E-state index contributed by atoms with van der Waals surface area (Å²) in [6, 6.07) is -2.18. The van der Waals surface area contributed by atoms with Gasteiger partial charge in [0, 0.05) is 0 Å². The van der Waals surface area contributed by atoms with Gasteiger partial charge in [0.15, 0.2) is 11.6 Å². The van der Waals surface area contributed by atoms with Crippen LogP contribution in [-0.2, 0) is 9.53 Å². The summed E-state index contributed by atoms with van der Waals surface area (Å²) < 4.78 is 29.2. The topological polar surface area (TPSA) is 95.9 Å². The molecule has 2 atom stereocenters. The summed E-state index contributed by atoms with van der Waals surface area (Å²) in [6.45, 7) is 3.62. The van der Waals surface area contributed by atoms with E-state index in [0.29, 0.717) is 6.92 Å². The van der Waals surface area contributed by atoms with E-state index in [0.717, 1.165) is 0 Å². The summed E-state index contributed by atoms with van der Waals surface area (Å²) in [5.41, 5.74) is -2.90. The second-order valence-electron chi connectivity index (χ2n) is 3.33. The maximum absolute atomic E-state index is 12.4. The number of nitrogens with one attached hydrogen (secondary N) is 1. The molecule has 6 nitrogen and oxygen atoms in total. The van der Waals surface area contributed by atoms with Crippen molar-refractivity contribution in [2.24, 2.45) is 0 Å². The number of hydrogen-bond acceptors (Lipinski definition) is 4. The summed E-state index contributed by atoms with van der Waals surface area (Å²) in [5.74, 6) is -1.80. The Balaban J connectivity index is 4.71. The maximum Gasteiger partial charge on any atom is 0.408 e. The van der Waals surface area contributed by atoms with E-state index >= 15 is 0 Å². The molecule has 98 valence electrons. The highest BCUT2D eigenvalue weighted by atomic mass is 19.3. The summed E-state index contributed by atoms with van der Waals surface area (Å²) >= 11 is 0. The first kappa shape index (κ1) is 15.3. The highest BCUT2D eigenvalue weighted by molar-refractivity contribution is 5.81. The van der Waals surface area contributed by atoms with Crippen molar-refractivity contribution in [3.8, 4) is 0 Å². The van der Waals surface area contributed by atoms with E-state index in [2.05, 4.69) is 11.3 Å². The van der Waals surface area contributed by atoms with Crippen LogP contribution in [0.2, 0.25) is 0 Å². The zero-order valence-electron chi connectivity index (χ0n) is 9.02. The van der Waals surface area contributed by atoms with Crippen molar-refractivity contribution in [1.29, 1.82) is 0 Å². The van der Waals surface area contributed by atoms with Crippen molar-refractivity contribution in [3.05, 3.63) is 12.7 Å². The molecule has 1 amide bonds. The Morgan fingerprint density at radius 3 is 2.47 bits per heavy atom. The van der Waals surface area contributed by atoms with Gasteiger partial charge in [-0.25, -0.2) is 18.4 Å². The Morgan fingerprint density at radius 2 is 2.12 bits per heavy atom. The van der Waals surface area contributed by atoms with Gasteiger partial charge in [-0.2, -0.15) is 0 Å². The number of carboxylic acids is 1. The van der Waals surface area contributed by atoms with Gasteiger partial charge in [-0.15, -0.1) is 0 Å². The van der Waals surface area contributed by atoms with Crippen molar-refractivity contribution >= 4 is 12.1 Å². The summed E-state index contributed by atoms with van der Waals surface area (Å²) in [4.78, 5) is 21.7. The number of alkyl halides is 2. The molecule has 0 aromatic rings. The SMILES string of the molecule is C=CCOC(=O)NC(C(=O)O)C(C)(O)C(F)F. The molecular weight excluding hydrogens is 240 g/mol. The number of ether oxygens (including phenoxy) is 1. The van der Waals surface area contributed by atoms with Gasteiger partial charge in [0.25, 0.3) is 6.43 Å². The Kier molecular flexibility index (Phi) is 5.52. The molecule has 0 saturated carbocycles. The zero-order valence-corrected chi connectivity index (χ0v) is 9.02. The van der Waals surface area contributed by atoms with Gasteiger partial charge < -0.3 is 20.3 Å². The third-order valence-electron chi connectivity index (χ3n) is 1.87. The van der Waals surface area contributed by atoms with Gasteiger partial charge in [0.1, 0.15) is 6.61 Å². The molecule has 0 aliphatic rings. The lowest BCUT2D eigenvalue weighted by atomic mass is 9.97. The highest BCUT2D eigenvalue weighted by Crippen LogP contribution is 2.20. The smallest absolute Gasteiger partial charge is 0.408 e. The number of carbonyl (C=O) groups is 2. The molecule has 0 fully saturated rings. The number of carboxylic acid groups (broad SMARTS) is 1. The highest BCUT2D eigenvalue weighted by Gasteiger charge is 2.46. The maximum atomic E-state index is 12.4. The normalized spacial score (nSPS) is 15.8. The predicted octanol–water partition coefficient (Wildman–Crippen LogP) is 0.368. The van der Waals surface area contributed by atoms with Gasteiger partial charge in [-0.1, -0.05) is 12.7 Å². The van der Waals surface area contributed by atoms with Crippen molar-refractivity contribution in [3.63, 3.8) is 0 Å². The predicted molar refractivity (Wildman–Crippen MR) is 52.7 cm³/mol. The number of rotatable bonds is 6. The fraction of sp³-hybridized carbons (Fsp3) is 0.556. The van der Waals surface area contributed by atoms with Crippen molar-refractivity contribution < 1.29 is 33.3 Å². The Bertz CT molecular complexity index is 306. The molecule has 2 unspecified atom stereocenters. The van der Waals surface area contributed by atoms with Crippen LogP contribution in [0.1, 0.15) is 6.92 Å². The van der Waals surface area contributed by atoms with Crippen LogP contribution in [0.4, 0.5) is 13.6 Å². The van der Waals surface area contributed by atoms with Crippen LogP contribution in [0.3, 0.4) is 0 Å². The Labute approximate surface area is 95.9 Å². The number of carbonyl (C=O) groups excluding carboxylic acids is 1.